The number of nitrogens with one attached hydrogen (secondary N) is 1. The highest BCUT2D eigenvalue weighted by atomic mass is 35.5. The summed E-state index contributed by atoms with van der Waals surface area (Å²) in [6, 6.07) is 19.0. The number of halogens is 1. The molecule has 6 nitrogen and oxygen atoms in total. The molecule has 0 spiro atoms. The molecule has 166 valence electrons. The van der Waals surface area contributed by atoms with E-state index in [2.05, 4.69) is 5.32 Å². The summed E-state index contributed by atoms with van der Waals surface area (Å²) in [5.74, 6) is 0.616. The molecule has 0 aromatic heterocycles. The van der Waals surface area contributed by atoms with Gasteiger partial charge in [-0.2, -0.15) is 0 Å². The summed E-state index contributed by atoms with van der Waals surface area (Å²) >= 11 is 6.26. The molecule has 0 radical (unpaired) electrons. The van der Waals surface area contributed by atoms with Crippen molar-refractivity contribution >= 4 is 38.9 Å². The summed E-state index contributed by atoms with van der Waals surface area (Å²) in [4.78, 5) is 12.5. The molecule has 1 aliphatic heterocycles. The van der Waals surface area contributed by atoms with Crippen LogP contribution in [0.4, 0.5) is 11.4 Å². The van der Waals surface area contributed by atoms with E-state index in [0.717, 1.165) is 23.3 Å². The Bertz CT molecular complexity index is 1250. The van der Waals surface area contributed by atoms with Gasteiger partial charge in [0.25, 0.3) is 10.0 Å². The number of rotatable bonds is 7. The van der Waals surface area contributed by atoms with Crippen molar-refractivity contribution in [3.63, 3.8) is 0 Å². The Morgan fingerprint density at radius 2 is 1.88 bits per heavy atom. The molecule has 0 saturated carbocycles. The summed E-state index contributed by atoms with van der Waals surface area (Å²) in [6.45, 7) is 2.65. The molecule has 0 atom stereocenters. The summed E-state index contributed by atoms with van der Waals surface area (Å²) < 4.78 is 33.5. The third kappa shape index (κ3) is 4.59. The molecule has 0 aliphatic carbocycles. The maximum Gasteiger partial charge on any atom is 0.265 e. The van der Waals surface area contributed by atoms with Crippen LogP contribution in [-0.4, -0.2) is 27.5 Å². The van der Waals surface area contributed by atoms with E-state index in [4.69, 9.17) is 16.3 Å². The zero-order valence-electron chi connectivity index (χ0n) is 17.5. The normalized spacial score (nSPS) is 12.7. The zero-order chi connectivity index (χ0) is 22.7. The Kier molecular flexibility index (Phi) is 6.39. The van der Waals surface area contributed by atoms with Gasteiger partial charge >= 0.3 is 0 Å². The fourth-order valence-corrected chi connectivity index (χ4v) is 5.70. The number of carbonyl (C=O) groups excluding carboxylic acids is 1. The molecule has 32 heavy (non-hydrogen) atoms. The first-order valence-electron chi connectivity index (χ1n) is 10.3. The molecule has 1 amide bonds. The molecule has 3 aromatic rings. The van der Waals surface area contributed by atoms with Crippen molar-refractivity contribution in [2.75, 3.05) is 22.8 Å². The monoisotopic (exact) mass is 470 g/mol. The predicted molar refractivity (Wildman–Crippen MR) is 126 cm³/mol. The van der Waals surface area contributed by atoms with Crippen molar-refractivity contribution in [3.8, 4) is 5.75 Å². The van der Waals surface area contributed by atoms with Gasteiger partial charge in [0, 0.05) is 18.7 Å². The van der Waals surface area contributed by atoms with Gasteiger partial charge in [0.2, 0.25) is 5.91 Å². The highest BCUT2D eigenvalue weighted by Gasteiger charge is 2.26. The molecule has 0 fully saturated rings. The van der Waals surface area contributed by atoms with Gasteiger partial charge in [0.1, 0.15) is 10.6 Å². The van der Waals surface area contributed by atoms with Gasteiger partial charge in [-0.05, 0) is 54.4 Å². The minimum absolute atomic E-state index is 0.0580. The van der Waals surface area contributed by atoms with Gasteiger partial charge in [-0.3, -0.25) is 9.10 Å². The lowest BCUT2D eigenvalue weighted by atomic mass is 10.1. The van der Waals surface area contributed by atoms with Crippen molar-refractivity contribution < 1.29 is 17.9 Å². The van der Waals surface area contributed by atoms with Crippen LogP contribution in [-0.2, 0) is 27.7 Å². The van der Waals surface area contributed by atoms with E-state index in [9.17, 15) is 13.2 Å². The van der Waals surface area contributed by atoms with Crippen LogP contribution in [0.15, 0.2) is 71.6 Å². The summed E-state index contributed by atoms with van der Waals surface area (Å²) in [7, 11) is -3.92. The van der Waals surface area contributed by atoms with Gasteiger partial charge in [-0.1, -0.05) is 41.9 Å². The average Bonchev–Trinajstić information content (AvgIpc) is 3.24. The van der Waals surface area contributed by atoms with Crippen LogP contribution in [0.3, 0.4) is 0 Å². The number of hydrogen-bond donors (Lipinski definition) is 1. The van der Waals surface area contributed by atoms with Crippen molar-refractivity contribution in [2.24, 2.45) is 0 Å². The first-order chi connectivity index (χ1) is 15.4. The minimum Gasteiger partial charge on any atom is -0.493 e. The Labute approximate surface area is 192 Å². The lowest BCUT2D eigenvalue weighted by Gasteiger charge is -2.23. The highest BCUT2D eigenvalue weighted by molar-refractivity contribution is 7.93. The van der Waals surface area contributed by atoms with Crippen LogP contribution in [0.5, 0.6) is 5.75 Å². The maximum absolute atomic E-state index is 13.3. The van der Waals surface area contributed by atoms with Gasteiger partial charge in [-0.15, -0.1) is 0 Å². The maximum atomic E-state index is 13.3. The molecule has 1 N–H and O–H groups in total. The topological polar surface area (TPSA) is 75.7 Å². The van der Waals surface area contributed by atoms with Crippen molar-refractivity contribution in [3.05, 3.63) is 82.9 Å². The molecule has 4 rings (SSSR count). The molecule has 1 heterocycles. The molecule has 3 aromatic carbocycles. The largest absolute Gasteiger partial charge is 0.493 e. The van der Waals surface area contributed by atoms with Gasteiger partial charge in [0.05, 0.1) is 23.7 Å². The van der Waals surface area contributed by atoms with Crippen LogP contribution in [0.2, 0.25) is 5.02 Å². The van der Waals surface area contributed by atoms with Gasteiger partial charge in [0.15, 0.2) is 0 Å². The number of ether oxygens (including phenoxy) is 1. The molecule has 0 bridgehead atoms. The van der Waals surface area contributed by atoms with Crippen molar-refractivity contribution in [1.29, 1.82) is 0 Å². The number of amides is 1. The van der Waals surface area contributed by atoms with Crippen LogP contribution in [0.1, 0.15) is 18.1 Å². The summed E-state index contributed by atoms with van der Waals surface area (Å²) in [5.41, 5.74) is 2.87. The second-order valence-corrected chi connectivity index (χ2v) is 9.65. The molecule has 0 unspecified atom stereocenters. The van der Waals surface area contributed by atoms with E-state index in [1.165, 1.54) is 16.4 Å². The first kappa shape index (κ1) is 22.2. The fraction of sp³-hybridized carbons (Fsp3) is 0.208. The SMILES string of the molecule is CCN(c1ccccc1)S(=O)(=O)c1cc(NC(=O)Cc2ccc3c(c2)CCO3)ccc1Cl. The molecular formula is C24H23ClN2O4S. The number of benzene rings is 3. The van der Waals surface area contributed by atoms with Gasteiger partial charge in [-0.25, -0.2) is 8.42 Å². The third-order valence-corrected chi connectivity index (χ3v) is 7.62. The predicted octanol–water partition coefficient (Wildman–Crippen LogP) is 4.67. The highest BCUT2D eigenvalue weighted by Crippen LogP contribution is 2.31. The number of fused-ring (bicyclic) bond motifs is 1. The van der Waals surface area contributed by atoms with Crippen LogP contribution < -0.4 is 14.4 Å². The Morgan fingerprint density at radius 1 is 1.09 bits per heavy atom. The first-order valence-corrected chi connectivity index (χ1v) is 12.1. The number of para-hydroxylation sites is 1. The van der Waals surface area contributed by atoms with Gasteiger partial charge < -0.3 is 10.1 Å². The Balaban J connectivity index is 1.55. The van der Waals surface area contributed by atoms with Crippen LogP contribution in [0, 0.1) is 0 Å². The molecule has 0 saturated heterocycles. The number of anilines is 2. The smallest absolute Gasteiger partial charge is 0.265 e. The lowest BCUT2D eigenvalue weighted by Crippen LogP contribution is -2.31. The van der Waals surface area contributed by atoms with Crippen LogP contribution >= 0.6 is 11.6 Å². The Morgan fingerprint density at radius 3 is 2.62 bits per heavy atom. The molecular weight excluding hydrogens is 448 g/mol. The van der Waals surface area contributed by atoms with Crippen molar-refractivity contribution in [1.82, 2.24) is 0 Å². The van der Waals surface area contributed by atoms with E-state index in [1.54, 1.807) is 37.3 Å². The second-order valence-electron chi connectivity index (χ2n) is 7.42. The molecule has 1 aliphatic rings. The average molecular weight is 471 g/mol. The summed E-state index contributed by atoms with van der Waals surface area (Å²) in [5, 5.41) is 2.88. The minimum atomic E-state index is -3.92. The number of nitrogens with zero attached hydrogens (tertiary/aromatic N) is 1. The summed E-state index contributed by atoms with van der Waals surface area (Å²) in [6.07, 6.45) is 1.00. The lowest BCUT2D eigenvalue weighted by molar-refractivity contribution is -0.115. The van der Waals surface area contributed by atoms with Crippen molar-refractivity contribution in [2.45, 2.75) is 24.7 Å². The van der Waals surface area contributed by atoms with E-state index in [0.29, 0.717) is 18.0 Å². The van der Waals surface area contributed by atoms with E-state index in [1.807, 2.05) is 24.3 Å². The fourth-order valence-electron chi connectivity index (χ4n) is 3.72. The van der Waals surface area contributed by atoms with Crippen LogP contribution in [0.25, 0.3) is 0 Å². The number of hydrogen-bond acceptors (Lipinski definition) is 4. The molecule has 8 heteroatoms. The van der Waals surface area contributed by atoms with E-state index < -0.39 is 10.0 Å². The Hall–Kier alpha value is -3.03. The second kappa shape index (κ2) is 9.22. The number of carbonyl (C=O) groups is 1. The zero-order valence-corrected chi connectivity index (χ0v) is 19.1. The van der Waals surface area contributed by atoms with E-state index >= 15 is 0 Å². The van der Waals surface area contributed by atoms with E-state index in [-0.39, 0.29) is 28.8 Å². The number of sulfonamides is 1. The quantitative estimate of drug-likeness (QED) is 0.544. The standard InChI is InChI=1S/C24H23ClN2O4S/c1-2-27(20-6-4-3-5-7-20)32(29,30)23-16-19(9-10-21(23)25)26-24(28)15-17-8-11-22-18(14-17)12-13-31-22/h3-11,14,16H,2,12-13,15H2,1H3,(H,26,28). The third-order valence-electron chi connectivity index (χ3n) is 5.23.